The van der Waals surface area contributed by atoms with Crippen LogP contribution in [0.1, 0.15) is 16.7 Å². The van der Waals surface area contributed by atoms with Crippen LogP contribution in [0.15, 0.2) is 36.4 Å². The van der Waals surface area contributed by atoms with Crippen molar-refractivity contribution in [3.8, 4) is 11.5 Å². The maximum Gasteiger partial charge on any atom is 0.317 e. The molecular formula is C18H19ClN2O3. The summed E-state index contributed by atoms with van der Waals surface area (Å²) in [5.41, 5.74) is 2.95. The van der Waals surface area contributed by atoms with Crippen molar-refractivity contribution in [1.82, 2.24) is 10.2 Å². The molecule has 2 aromatic rings. The SMILES string of the molecule is O=C(NCCc1ccc(Cl)cc1)N1CCc2cc(O)c(O)cc2C1. The van der Waals surface area contributed by atoms with Crippen molar-refractivity contribution in [3.05, 3.63) is 58.1 Å². The average Bonchev–Trinajstić information content (AvgIpc) is 2.57. The number of urea groups is 1. The number of carbonyl (C=O) groups excluding carboxylic acids is 1. The van der Waals surface area contributed by atoms with Gasteiger partial charge in [0.1, 0.15) is 0 Å². The molecule has 0 fully saturated rings. The molecule has 0 unspecified atom stereocenters. The number of nitrogens with zero attached hydrogens (tertiary/aromatic N) is 1. The van der Waals surface area contributed by atoms with E-state index in [0.717, 1.165) is 23.1 Å². The summed E-state index contributed by atoms with van der Waals surface area (Å²) >= 11 is 5.85. The predicted molar refractivity (Wildman–Crippen MR) is 92.4 cm³/mol. The molecule has 1 aliphatic rings. The van der Waals surface area contributed by atoms with Gasteiger partial charge in [0, 0.05) is 24.7 Å². The molecule has 2 aromatic carbocycles. The Hall–Kier alpha value is -2.40. The van der Waals surface area contributed by atoms with Gasteiger partial charge in [-0.05, 0) is 53.8 Å². The van der Waals surface area contributed by atoms with Gasteiger partial charge in [0.2, 0.25) is 0 Å². The van der Waals surface area contributed by atoms with Crippen molar-refractivity contribution in [3.63, 3.8) is 0 Å². The minimum Gasteiger partial charge on any atom is -0.504 e. The lowest BCUT2D eigenvalue weighted by Gasteiger charge is -2.29. The van der Waals surface area contributed by atoms with Crippen molar-refractivity contribution >= 4 is 17.6 Å². The molecule has 0 bridgehead atoms. The molecule has 0 radical (unpaired) electrons. The maximum atomic E-state index is 12.3. The van der Waals surface area contributed by atoms with Crippen LogP contribution in [0.4, 0.5) is 4.79 Å². The lowest BCUT2D eigenvalue weighted by molar-refractivity contribution is 0.192. The van der Waals surface area contributed by atoms with E-state index in [4.69, 9.17) is 11.6 Å². The zero-order chi connectivity index (χ0) is 17.1. The van der Waals surface area contributed by atoms with E-state index in [9.17, 15) is 15.0 Å². The molecule has 0 saturated carbocycles. The Morgan fingerprint density at radius 2 is 1.79 bits per heavy atom. The Labute approximate surface area is 145 Å². The number of benzene rings is 2. The lowest BCUT2D eigenvalue weighted by Crippen LogP contribution is -2.43. The van der Waals surface area contributed by atoms with E-state index in [0.29, 0.717) is 31.1 Å². The molecule has 3 N–H and O–H groups in total. The van der Waals surface area contributed by atoms with Crippen molar-refractivity contribution in [2.24, 2.45) is 0 Å². The Morgan fingerprint density at radius 1 is 1.12 bits per heavy atom. The van der Waals surface area contributed by atoms with Crippen LogP contribution in [0.25, 0.3) is 0 Å². The van der Waals surface area contributed by atoms with Crippen LogP contribution in [0.2, 0.25) is 5.02 Å². The van der Waals surface area contributed by atoms with E-state index in [1.54, 1.807) is 11.0 Å². The smallest absolute Gasteiger partial charge is 0.317 e. The van der Waals surface area contributed by atoms with Crippen LogP contribution in [-0.4, -0.2) is 34.2 Å². The fraction of sp³-hybridized carbons (Fsp3) is 0.278. The van der Waals surface area contributed by atoms with Gasteiger partial charge in [-0.15, -0.1) is 0 Å². The van der Waals surface area contributed by atoms with Gasteiger partial charge < -0.3 is 20.4 Å². The van der Waals surface area contributed by atoms with Crippen molar-refractivity contribution in [2.75, 3.05) is 13.1 Å². The van der Waals surface area contributed by atoms with Gasteiger partial charge in [0.15, 0.2) is 11.5 Å². The minimum absolute atomic E-state index is 0.116. The summed E-state index contributed by atoms with van der Waals surface area (Å²) in [5.74, 6) is -0.270. The highest BCUT2D eigenvalue weighted by Gasteiger charge is 2.21. The molecule has 0 aromatic heterocycles. The second kappa shape index (κ2) is 7.01. The number of rotatable bonds is 3. The summed E-state index contributed by atoms with van der Waals surface area (Å²) in [7, 11) is 0. The summed E-state index contributed by atoms with van der Waals surface area (Å²) in [6.45, 7) is 1.56. The molecule has 0 atom stereocenters. The van der Waals surface area contributed by atoms with Gasteiger partial charge in [-0.1, -0.05) is 23.7 Å². The molecule has 1 aliphatic heterocycles. The van der Waals surface area contributed by atoms with E-state index < -0.39 is 0 Å². The van der Waals surface area contributed by atoms with E-state index in [-0.39, 0.29) is 17.5 Å². The summed E-state index contributed by atoms with van der Waals surface area (Å²) in [5, 5.41) is 22.8. The number of amides is 2. The summed E-state index contributed by atoms with van der Waals surface area (Å²) in [6.07, 6.45) is 1.40. The number of phenols is 2. The van der Waals surface area contributed by atoms with E-state index >= 15 is 0 Å². The fourth-order valence-corrected chi connectivity index (χ4v) is 2.96. The lowest BCUT2D eigenvalue weighted by atomic mass is 9.99. The fourth-order valence-electron chi connectivity index (χ4n) is 2.83. The third kappa shape index (κ3) is 3.74. The molecule has 3 rings (SSSR count). The molecule has 1 heterocycles. The molecule has 0 aliphatic carbocycles. The monoisotopic (exact) mass is 346 g/mol. The zero-order valence-electron chi connectivity index (χ0n) is 13.1. The van der Waals surface area contributed by atoms with Gasteiger partial charge in [-0.3, -0.25) is 0 Å². The quantitative estimate of drug-likeness (QED) is 0.748. The topological polar surface area (TPSA) is 72.8 Å². The van der Waals surface area contributed by atoms with E-state index in [2.05, 4.69) is 5.32 Å². The van der Waals surface area contributed by atoms with Gasteiger partial charge in [0.05, 0.1) is 0 Å². The predicted octanol–water partition coefficient (Wildman–Crippen LogP) is 3.06. The third-order valence-corrected chi connectivity index (χ3v) is 4.45. The second-order valence-corrected chi connectivity index (χ2v) is 6.33. The Morgan fingerprint density at radius 3 is 2.50 bits per heavy atom. The first-order valence-corrected chi connectivity index (χ1v) is 8.21. The molecule has 24 heavy (non-hydrogen) atoms. The number of hydrogen-bond donors (Lipinski definition) is 3. The summed E-state index contributed by atoms with van der Waals surface area (Å²) < 4.78 is 0. The Bertz CT molecular complexity index is 747. The molecule has 126 valence electrons. The molecule has 5 nitrogen and oxygen atoms in total. The van der Waals surface area contributed by atoms with Crippen LogP contribution in [0.3, 0.4) is 0 Å². The highest BCUT2D eigenvalue weighted by Crippen LogP contribution is 2.31. The Kier molecular flexibility index (Phi) is 4.81. The Balaban J connectivity index is 1.54. The molecule has 0 spiro atoms. The number of nitrogens with one attached hydrogen (secondary N) is 1. The standard InChI is InChI=1S/C18H19ClN2O3/c19-15-3-1-12(2-4-15)5-7-20-18(24)21-8-6-13-9-16(22)17(23)10-14(13)11-21/h1-4,9-10,22-23H,5-8,11H2,(H,20,24). The van der Waals surface area contributed by atoms with Crippen LogP contribution >= 0.6 is 11.6 Å². The van der Waals surface area contributed by atoms with Crippen LogP contribution in [0.5, 0.6) is 11.5 Å². The number of hydrogen-bond acceptors (Lipinski definition) is 3. The zero-order valence-corrected chi connectivity index (χ0v) is 13.9. The molecule has 6 heteroatoms. The van der Waals surface area contributed by atoms with Gasteiger partial charge in [-0.25, -0.2) is 4.79 Å². The van der Waals surface area contributed by atoms with Crippen LogP contribution in [-0.2, 0) is 19.4 Å². The number of fused-ring (bicyclic) bond motifs is 1. The number of phenolic OH excluding ortho intramolecular Hbond substituents is 2. The molecule has 0 saturated heterocycles. The van der Waals surface area contributed by atoms with Gasteiger partial charge >= 0.3 is 6.03 Å². The first-order chi connectivity index (χ1) is 11.5. The number of halogens is 1. The van der Waals surface area contributed by atoms with Crippen LogP contribution in [0, 0.1) is 0 Å². The largest absolute Gasteiger partial charge is 0.504 e. The third-order valence-electron chi connectivity index (χ3n) is 4.20. The van der Waals surface area contributed by atoms with Crippen LogP contribution < -0.4 is 5.32 Å². The number of carbonyl (C=O) groups is 1. The maximum absolute atomic E-state index is 12.3. The average molecular weight is 347 g/mol. The van der Waals surface area contributed by atoms with Crippen molar-refractivity contribution in [1.29, 1.82) is 0 Å². The van der Waals surface area contributed by atoms with Gasteiger partial charge in [0.25, 0.3) is 0 Å². The highest BCUT2D eigenvalue weighted by molar-refractivity contribution is 6.30. The first-order valence-electron chi connectivity index (χ1n) is 7.84. The normalized spacial score (nSPS) is 13.5. The summed E-state index contributed by atoms with van der Waals surface area (Å²) in [4.78, 5) is 14.0. The number of aromatic hydroxyl groups is 2. The van der Waals surface area contributed by atoms with Crippen molar-refractivity contribution < 1.29 is 15.0 Å². The van der Waals surface area contributed by atoms with Gasteiger partial charge in [-0.2, -0.15) is 0 Å². The molecule has 2 amide bonds. The molecular weight excluding hydrogens is 328 g/mol. The minimum atomic E-state index is -0.154. The summed E-state index contributed by atoms with van der Waals surface area (Å²) in [6, 6.07) is 10.5. The van der Waals surface area contributed by atoms with Crippen molar-refractivity contribution in [2.45, 2.75) is 19.4 Å². The van der Waals surface area contributed by atoms with E-state index in [1.165, 1.54) is 6.07 Å². The first kappa shape index (κ1) is 16.5. The second-order valence-electron chi connectivity index (χ2n) is 5.89. The van der Waals surface area contributed by atoms with E-state index in [1.807, 2.05) is 24.3 Å². The highest BCUT2D eigenvalue weighted by atomic mass is 35.5.